The summed E-state index contributed by atoms with van der Waals surface area (Å²) < 4.78 is 5.23. The van der Waals surface area contributed by atoms with E-state index in [0.717, 1.165) is 12.1 Å². The van der Waals surface area contributed by atoms with Gasteiger partial charge in [0.05, 0.1) is 19.1 Å². The van der Waals surface area contributed by atoms with Gasteiger partial charge in [0.1, 0.15) is 13.2 Å². The maximum atomic E-state index is 11.7. The van der Waals surface area contributed by atoms with Crippen LogP contribution in [-0.2, 0) is 4.74 Å². The Kier molecular flexibility index (Phi) is 7.41. The maximum Gasteiger partial charge on any atom is 0.407 e. The van der Waals surface area contributed by atoms with Crippen LogP contribution in [-0.4, -0.2) is 32.3 Å². The third kappa shape index (κ3) is 5.39. The Hall–Kier alpha value is -1.26. The van der Waals surface area contributed by atoms with Gasteiger partial charge in [-0.3, -0.25) is 0 Å². The van der Waals surface area contributed by atoms with E-state index in [1.165, 1.54) is 25.9 Å². The molecule has 20 heavy (non-hydrogen) atoms. The summed E-state index contributed by atoms with van der Waals surface area (Å²) in [5.41, 5.74) is 1.09. The molecule has 0 aromatic heterocycles. The van der Waals surface area contributed by atoms with Gasteiger partial charge in [-0.25, -0.2) is 4.79 Å². The monoisotopic (exact) mass is 298 g/mol. The molecule has 1 aromatic carbocycles. The number of ether oxygens (including phenoxy) is 1. The first-order valence-corrected chi connectivity index (χ1v) is 7.07. The third-order valence-corrected chi connectivity index (χ3v) is 3.63. The van der Waals surface area contributed by atoms with Crippen molar-refractivity contribution in [3.8, 4) is 0 Å². The zero-order valence-corrected chi connectivity index (χ0v) is 12.7. The average molecular weight is 299 g/mol. The van der Waals surface area contributed by atoms with E-state index < -0.39 is 0 Å². The summed E-state index contributed by atoms with van der Waals surface area (Å²) in [6.45, 7) is 5.81. The van der Waals surface area contributed by atoms with Crippen LogP contribution in [0.2, 0.25) is 0 Å². The van der Waals surface area contributed by atoms with E-state index in [-0.39, 0.29) is 24.5 Å². The number of halogens is 1. The first kappa shape index (κ1) is 16.8. The Morgan fingerprint density at radius 2 is 1.95 bits per heavy atom. The van der Waals surface area contributed by atoms with Crippen LogP contribution in [0.1, 0.15) is 31.4 Å². The Bertz CT molecular complexity index is 394. The molecule has 0 radical (unpaired) electrons. The molecule has 1 fully saturated rings. The fraction of sp³-hybridized carbons (Fsp3) is 0.533. The molecule has 0 aliphatic carbocycles. The number of carbonyl (C=O) groups excluding carboxylic acids is 1. The Labute approximate surface area is 126 Å². The molecule has 0 bridgehead atoms. The van der Waals surface area contributed by atoms with Crippen LogP contribution in [0, 0.1) is 0 Å². The molecule has 2 rings (SSSR count). The van der Waals surface area contributed by atoms with Crippen molar-refractivity contribution in [2.75, 3.05) is 26.2 Å². The van der Waals surface area contributed by atoms with Crippen molar-refractivity contribution in [2.24, 2.45) is 0 Å². The summed E-state index contributed by atoms with van der Waals surface area (Å²) in [4.78, 5) is 13.2. The van der Waals surface area contributed by atoms with Crippen LogP contribution in [0.5, 0.6) is 0 Å². The predicted octanol–water partition coefficient (Wildman–Crippen LogP) is -1.84. The van der Waals surface area contributed by atoms with Gasteiger partial charge in [-0.15, -0.1) is 0 Å². The smallest absolute Gasteiger partial charge is 0.407 e. The van der Waals surface area contributed by atoms with E-state index in [2.05, 4.69) is 5.32 Å². The molecule has 112 valence electrons. The molecule has 1 aromatic rings. The van der Waals surface area contributed by atoms with Crippen molar-refractivity contribution in [1.82, 2.24) is 5.32 Å². The van der Waals surface area contributed by atoms with Crippen LogP contribution >= 0.6 is 0 Å². The summed E-state index contributed by atoms with van der Waals surface area (Å²) in [7, 11) is 0. The highest BCUT2D eigenvalue weighted by Gasteiger charge is 2.16. The molecule has 1 saturated heterocycles. The molecule has 0 saturated carbocycles. The zero-order valence-electron chi connectivity index (χ0n) is 11.9. The normalized spacial score (nSPS) is 16.2. The molecule has 5 heteroatoms. The van der Waals surface area contributed by atoms with Gasteiger partial charge in [-0.2, -0.15) is 0 Å². The van der Waals surface area contributed by atoms with Gasteiger partial charge in [0, 0.05) is 12.8 Å². The minimum Gasteiger partial charge on any atom is -1.00 e. The molecular formula is C15H23ClN2O2. The summed E-state index contributed by atoms with van der Waals surface area (Å²) in [5.74, 6) is 0. The van der Waals surface area contributed by atoms with Crippen LogP contribution < -0.4 is 22.6 Å². The number of alkyl carbamates (subject to hydrolysis) is 1. The highest BCUT2D eigenvalue weighted by molar-refractivity contribution is 5.67. The Morgan fingerprint density at radius 3 is 2.60 bits per heavy atom. The molecule has 1 unspecified atom stereocenters. The number of hydrogen-bond donors (Lipinski definition) is 2. The van der Waals surface area contributed by atoms with Gasteiger partial charge in [-0.1, -0.05) is 30.3 Å². The summed E-state index contributed by atoms with van der Waals surface area (Å²) >= 11 is 0. The van der Waals surface area contributed by atoms with Crippen molar-refractivity contribution < 1.29 is 26.8 Å². The minimum atomic E-state index is -0.324. The first-order chi connectivity index (χ1) is 9.25. The van der Waals surface area contributed by atoms with E-state index in [9.17, 15) is 4.79 Å². The number of nitrogens with one attached hydrogen (secondary N) is 2. The second-order valence-corrected chi connectivity index (χ2v) is 5.12. The van der Waals surface area contributed by atoms with Crippen molar-refractivity contribution >= 4 is 6.09 Å². The Morgan fingerprint density at radius 1 is 1.30 bits per heavy atom. The van der Waals surface area contributed by atoms with Gasteiger partial charge >= 0.3 is 6.09 Å². The molecule has 2 N–H and O–H groups in total. The fourth-order valence-corrected chi connectivity index (χ4v) is 2.46. The standard InChI is InChI=1S/C15H22N2O2.ClH/c1-13(14-7-3-2-4-8-14)16-15(18)19-12-11-17-9-5-6-10-17;/h2-4,7-8,13H,5-6,9-12H2,1H3,(H,16,18);1H. The minimum absolute atomic E-state index is 0. The van der Waals surface area contributed by atoms with Crippen molar-refractivity contribution in [3.63, 3.8) is 0 Å². The Balaban J connectivity index is 0.00000200. The van der Waals surface area contributed by atoms with E-state index >= 15 is 0 Å². The lowest BCUT2D eigenvalue weighted by molar-refractivity contribution is -0.887. The number of rotatable bonds is 5. The van der Waals surface area contributed by atoms with Gasteiger partial charge in [0.25, 0.3) is 0 Å². The van der Waals surface area contributed by atoms with Crippen LogP contribution in [0.3, 0.4) is 0 Å². The molecule has 1 amide bonds. The number of quaternary nitrogens is 1. The average Bonchev–Trinajstić information content (AvgIpc) is 2.93. The number of amides is 1. The summed E-state index contributed by atoms with van der Waals surface area (Å²) in [5, 5.41) is 2.85. The van der Waals surface area contributed by atoms with E-state index in [4.69, 9.17) is 4.74 Å². The van der Waals surface area contributed by atoms with Crippen molar-refractivity contribution in [3.05, 3.63) is 35.9 Å². The lowest BCUT2D eigenvalue weighted by Crippen LogP contribution is -3.10. The molecule has 4 nitrogen and oxygen atoms in total. The molecular weight excluding hydrogens is 276 g/mol. The van der Waals surface area contributed by atoms with E-state index in [0.29, 0.717) is 6.61 Å². The molecule has 1 heterocycles. The first-order valence-electron chi connectivity index (χ1n) is 7.07. The fourth-order valence-electron chi connectivity index (χ4n) is 2.46. The van der Waals surface area contributed by atoms with E-state index in [1.54, 1.807) is 4.90 Å². The molecule has 0 spiro atoms. The van der Waals surface area contributed by atoms with Gasteiger partial charge in [0.2, 0.25) is 0 Å². The topological polar surface area (TPSA) is 42.8 Å². The third-order valence-electron chi connectivity index (χ3n) is 3.63. The van der Waals surface area contributed by atoms with Crippen LogP contribution in [0.15, 0.2) is 30.3 Å². The zero-order chi connectivity index (χ0) is 13.5. The van der Waals surface area contributed by atoms with Gasteiger partial charge in [0.15, 0.2) is 0 Å². The molecule has 1 aliphatic heterocycles. The summed E-state index contributed by atoms with van der Waals surface area (Å²) in [6.07, 6.45) is 2.27. The highest BCUT2D eigenvalue weighted by atomic mass is 35.5. The molecule has 1 aliphatic rings. The lowest BCUT2D eigenvalue weighted by Gasteiger charge is -2.15. The van der Waals surface area contributed by atoms with Gasteiger partial charge in [-0.05, 0) is 12.5 Å². The highest BCUT2D eigenvalue weighted by Crippen LogP contribution is 2.10. The number of carbonyl (C=O) groups is 1. The van der Waals surface area contributed by atoms with E-state index in [1.807, 2.05) is 37.3 Å². The molecule has 1 atom stereocenters. The maximum absolute atomic E-state index is 11.7. The van der Waals surface area contributed by atoms with Gasteiger partial charge < -0.3 is 27.4 Å². The van der Waals surface area contributed by atoms with Crippen LogP contribution in [0.4, 0.5) is 4.79 Å². The largest absolute Gasteiger partial charge is 1.00 e. The number of hydrogen-bond acceptors (Lipinski definition) is 2. The lowest BCUT2D eigenvalue weighted by atomic mass is 10.1. The quantitative estimate of drug-likeness (QED) is 0.671. The number of likely N-dealkylation sites (tertiary alicyclic amines) is 1. The van der Waals surface area contributed by atoms with Crippen LogP contribution in [0.25, 0.3) is 0 Å². The summed E-state index contributed by atoms with van der Waals surface area (Å²) in [6, 6.07) is 9.88. The second-order valence-electron chi connectivity index (χ2n) is 5.12. The number of benzene rings is 1. The predicted molar refractivity (Wildman–Crippen MR) is 74.1 cm³/mol. The SMILES string of the molecule is CC(NC(=O)OCC[NH+]1CCCC1)c1ccccc1.[Cl-]. The second kappa shape index (κ2) is 8.82. The van der Waals surface area contributed by atoms with Crippen molar-refractivity contribution in [2.45, 2.75) is 25.8 Å². The van der Waals surface area contributed by atoms with Crippen molar-refractivity contribution in [1.29, 1.82) is 0 Å².